The van der Waals surface area contributed by atoms with E-state index in [0.717, 1.165) is 49.7 Å². The number of hydrogen-bond acceptors (Lipinski definition) is 3. The predicted molar refractivity (Wildman–Crippen MR) is 104 cm³/mol. The maximum atomic E-state index is 14.0. The highest BCUT2D eigenvalue weighted by Gasteiger charge is 2.39. The molecule has 0 aliphatic carbocycles. The van der Waals surface area contributed by atoms with Gasteiger partial charge in [0.2, 0.25) is 0 Å². The Hall–Kier alpha value is -2.47. The molecule has 2 aromatic rings. The molecular formula is C23H24F2N2O2. The third kappa shape index (κ3) is 3.39. The summed E-state index contributed by atoms with van der Waals surface area (Å²) >= 11 is 0. The second kappa shape index (κ2) is 7.41. The summed E-state index contributed by atoms with van der Waals surface area (Å²) in [4.78, 5) is 17.2. The molecule has 3 saturated heterocycles. The SMILES string of the molecule is O=C(OC1CN2CCC1CC2)N1CCc2ccccc2[C@@H]1c1ccc(F)c(F)c1. The molecule has 4 heterocycles. The van der Waals surface area contributed by atoms with E-state index >= 15 is 0 Å². The molecule has 0 N–H and O–H groups in total. The van der Waals surface area contributed by atoms with Crippen molar-refractivity contribution in [3.05, 3.63) is 70.8 Å². The molecule has 4 nitrogen and oxygen atoms in total. The predicted octanol–water partition coefficient (Wildman–Crippen LogP) is 4.14. The van der Waals surface area contributed by atoms with Crippen LogP contribution in [0.2, 0.25) is 0 Å². The molecule has 0 radical (unpaired) electrons. The van der Waals surface area contributed by atoms with Gasteiger partial charge in [0.15, 0.2) is 11.6 Å². The van der Waals surface area contributed by atoms with Crippen LogP contribution in [-0.2, 0) is 11.2 Å². The van der Waals surface area contributed by atoms with Gasteiger partial charge >= 0.3 is 6.09 Å². The number of ether oxygens (including phenoxy) is 1. The lowest BCUT2D eigenvalue weighted by atomic mass is 9.86. The highest BCUT2D eigenvalue weighted by molar-refractivity contribution is 5.70. The minimum Gasteiger partial charge on any atom is -0.444 e. The van der Waals surface area contributed by atoms with E-state index in [1.807, 2.05) is 24.3 Å². The highest BCUT2D eigenvalue weighted by atomic mass is 19.2. The van der Waals surface area contributed by atoms with E-state index < -0.39 is 17.7 Å². The number of carbonyl (C=O) groups is 1. The minimum atomic E-state index is -0.906. The quantitative estimate of drug-likeness (QED) is 0.762. The molecule has 4 aliphatic heterocycles. The van der Waals surface area contributed by atoms with Crippen LogP contribution in [0.3, 0.4) is 0 Å². The van der Waals surface area contributed by atoms with Gasteiger partial charge in [-0.3, -0.25) is 9.80 Å². The van der Waals surface area contributed by atoms with Crippen molar-refractivity contribution < 1.29 is 18.3 Å². The van der Waals surface area contributed by atoms with Gasteiger partial charge in [0, 0.05) is 13.1 Å². The Balaban J connectivity index is 1.46. The fraction of sp³-hybridized carbons (Fsp3) is 0.435. The van der Waals surface area contributed by atoms with Gasteiger partial charge in [-0.25, -0.2) is 13.6 Å². The summed E-state index contributed by atoms with van der Waals surface area (Å²) in [5, 5.41) is 0. The molecule has 3 fully saturated rings. The van der Waals surface area contributed by atoms with Gasteiger partial charge in [-0.05, 0) is 67.1 Å². The summed E-state index contributed by atoms with van der Waals surface area (Å²) in [6, 6.07) is 11.2. The Kier molecular flexibility index (Phi) is 4.74. The standard InChI is InChI=1S/C23H24F2N2O2/c24-19-6-5-17(13-20(19)25)22-18-4-2-1-3-15(18)9-12-27(22)23(28)29-21-14-26-10-7-16(21)8-11-26/h1-6,13,16,21-22H,7-12,14H2/t21?,22-/m0/s1. The summed E-state index contributed by atoms with van der Waals surface area (Å²) < 4.78 is 33.5. The van der Waals surface area contributed by atoms with Gasteiger partial charge < -0.3 is 4.74 Å². The van der Waals surface area contributed by atoms with Crippen LogP contribution in [0.4, 0.5) is 13.6 Å². The first-order chi connectivity index (χ1) is 14.1. The molecule has 0 saturated carbocycles. The molecule has 2 atom stereocenters. The van der Waals surface area contributed by atoms with Crippen LogP contribution < -0.4 is 0 Å². The van der Waals surface area contributed by atoms with Crippen molar-refractivity contribution in [3.8, 4) is 0 Å². The zero-order valence-electron chi connectivity index (χ0n) is 16.2. The summed E-state index contributed by atoms with van der Waals surface area (Å²) in [6.45, 7) is 3.43. The monoisotopic (exact) mass is 398 g/mol. The van der Waals surface area contributed by atoms with Crippen LogP contribution in [-0.4, -0.2) is 48.2 Å². The summed E-state index contributed by atoms with van der Waals surface area (Å²) in [6.07, 6.45) is 2.38. The number of piperidine rings is 3. The average molecular weight is 398 g/mol. The van der Waals surface area contributed by atoms with E-state index in [-0.39, 0.29) is 12.2 Å². The fourth-order valence-corrected chi connectivity index (χ4v) is 5.05. The number of hydrogen-bond donors (Lipinski definition) is 0. The molecule has 152 valence electrons. The maximum absolute atomic E-state index is 14.0. The van der Waals surface area contributed by atoms with Gasteiger partial charge in [-0.15, -0.1) is 0 Å². The molecule has 2 bridgehead atoms. The number of benzene rings is 2. The Bertz CT molecular complexity index is 927. The second-order valence-electron chi connectivity index (χ2n) is 8.28. The third-order valence-electron chi connectivity index (χ3n) is 6.63. The molecule has 6 heteroatoms. The second-order valence-corrected chi connectivity index (χ2v) is 8.28. The molecular weight excluding hydrogens is 374 g/mol. The lowest BCUT2D eigenvalue weighted by molar-refractivity contribution is -0.0462. The van der Waals surface area contributed by atoms with Crippen molar-refractivity contribution in [1.29, 1.82) is 0 Å². The van der Waals surface area contributed by atoms with Crippen molar-refractivity contribution in [2.24, 2.45) is 5.92 Å². The number of halogens is 2. The number of rotatable bonds is 2. The van der Waals surface area contributed by atoms with Crippen molar-refractivity contribution in [2.75, 3.05) is 26.2 Å². The molecule has 1 unspecified atom stereocenters. The highest BCUT2D eigenvalue weighted by Crippen LogP contribution is 2.37. The maximum Gasteiger partial charge on any atom is 0.410 e. The Morgan fingerprint density at radius 1 is 1.00 bits per heavy atom. The zero-order chi connectivity index (χ0) is 20.0. The smallest absolute Gasteiger partial charge is 0.410 e. The van der Waals surface area contributed by atoms with E-state index in [2.05, 4.69) is 4.90 Å². The molecule has 4 aliphatic rings. The van der Waals surface area contributed by atoms with Crippen LogP contribution in [0, 0.1) is 17.6 Å². The van der Waals surface area contributed by atoms with E-state index in [0.29, 0.717) is 24.4 Å². The van der Waals surface area contributed by atoms with E-state index in [1.54, 1.807) is 11.0 Å². The van der Waals surface area contributed by atoms with Crippen LogP contribution in [0.15, 0.2) is 42.5 Å². The van der Waals surface area contributed by atoms with E-state index in [1.165, 1.54) is 6.07 Å². The Morgan fingerprint density at radius 2 is 1.79 bits per heavy atom. The first-order valence-electron chi connectivity index (χ1n) is 10.3. The first-order valence-corrected chi connectivity index (χ1v) is 10.3. The number of nitrogens with zero attached hydrogens (tertiary/aromatic N) is 2. The van der Waals surface area contributed by atoms with Gasteiger partial charge in [0.25, 0.3) is 0 Å². The van der Waals surface area contributed by atoms with Crippen molar-refractivity contribution in [1.82, 2.24) is 9.80 Å². The lowest BCUT2D eigenvalue weighted by Gasteiger charge is -2.45. The zero-order valence-corrected chi connectivity index (χ0v) is 16.2. The van der Waals surface area contributed by atoms with E-state index in [4.69, 9.17) is 4.74 Å². The van der Waals surface area contributed by atoms with Crippen LogP contribution in [0.25, 0.3) is 0 Å². The fourth-order valence-electron chi connectivity index (χ4n) is 5.05. The molecule has 1 amide bonds. The largest absolute Gasteiger partial charge is 0.444 e. The molecule has 0 spiro atoms. The molecule has 29 heavy (non-hydrogen) atoms. The van der Waals surface area contributed by atoms with Gasteiger partial charge in [0.1, 0.15) is 6.10 Å². The summed E-state index contributed by atoms with van der Waals surface area (Å²) in [5.41, 5.74) is 2.62. The number of fused-ring (bicyclic) bond motifs is 4. The minimum absolute atomic E-state index is 0.0900. The average Bonchev–Trinajstić information content (AvgIpc) is 2.76. The molecule has 6 rings (SSSR count). The summed E-state index contributed by atoms with van der Waals surface area (Å²) in [7, 11) is 0. The number of carbonyl (C=O) groups excluding carboxylic acids is 1. The van der Waals surface area contributed by atoms with Crippen LogP contribution in [0.1, 0.15) is 35.6 Å². The lowest BCUT2D eigenvalue weighted by Crippen LogP contribution is -2.53. The van der Waals surface area contributed by atoms with Crippen LogP contribution >= 0.6 is 0 Å². The van der Waals surface area contributed by atoms with Crippen molar-refractivity contribution in [3.63, 3.8) is 0 Å². The van der Waals surface area contributed by atoms with E-state index in [9.17, 15) is 13.6 Å². The molecule has 0 aromatic heterocycles. The topological polar surface area (TPSA) is 32.8 Å². The summed E-state index contributed by atoms with van der Waals surface area (Å²) in [5.74, 6) is -1.38. The Labute approximate surface area is 169 Å². The first kappa shape index (κ1) is 18.6. The van der Waals surface area contributed by atoms with Crippen LogP contribution in [0.5, 0.6) is 0 Å². The van der Waals surface area contributed by atoms with Gasteiger partial charge in [-0.1, -0.05) is 30.3 Å². The molecule has 2 aromatic carbocycles. The van der Waals surface area contributed by atoms with Gasteiger partial charge in [-0.2, -0.15) is 0 Å². The van der Waals surface area contributed by atoms with Crippen molar-refractivity contribution >= 4 is 6.09 Å². The normalized spacial score (nSPS) is 28.1. The van der Waals surface area contributed by atoms with Gasteiger partial charge in [0.05, 0.1) is 6.04 Å². The van der Waals surface area contributed by atoms with Crippen molar-refractivity contribution in [2.45, 2.75) is 31.4 Å². The number of amides is 1. The Morgan fingerprint density at radius 3 is 2.52 bits per heavy atom. The third-order valence-corrected chi connectivity index (χ3v) is 6.63.